The molecule has 2 fully saturated rings. The molecule has 6 heteroatoms. The van der Waals surface area contributed by atoms with Gasteiger partial charge < -0.3 is 4.90 Å². The van der Waals surface area contributed by atoms with Gasteiger partial charge in [0.1, 0.15) is 0 Å². The van der Waals surface area contributed by atoms with E-state index in [9.17, 15) is 13.2 Å². The van der Waals surface area contributed by atoms with E-state index >= 15 is 0 Å². The molecule has 5 nitrogen and oxygen atoms in total. The number of hydrogen-bond acceptors (Lipinski definition) is 4. The zero-order chi connectivity index (χ0) is 14.9. The van der Waals surface area contributed by atoms with Gasteiger partial charge in [-0.3, -0.25) is 10.1 Å². The number of nitrogens with zero attached hydrogens (tertiary/aromatic N) is 1. The number of hydrogen-bond donors (Lipinski definition) is 1. The van der Waals surface area contributed by atoms with E-state index in [0.717, 1.165) is 12.8 Å². The molecule has 20 heavy (non-hydrogen) atoms. The molecule has 2 aliphatic heterocycles. The number of nitrogens with one attached hydrogen (secondary N) is 1. The van der Waals surface area contributed by atoms with Crippen LogP contribution in [-0.2, 0) is 14.6 Å². The van der Waals surface area contributed by atoms with Crippen LogP contribution in [0, 0.1) is 11.8 Å². The van der Waals surface area contributed by atoms with E-state index in [0.29, 0.717) is 18.9 Å². The Morgan fingerprint density at radius 3 is 2.60 bits per heavy atom. The van der Waals surface area contributed by atoms with Crippen LogP contribution in [0.3, 0.4) is 0 Å². The Balaban J connectivity index is 2.04. The average molecular weight is 302 g/mol. The van der Waals surface area contributed by atoms with Crippen molar-refractivity contribution < 1.29 is 13.2 Å². The summed E-state index contributed by atoms with van der Waals surface area (Å²) in [5.74, 6) is 1.27. The quantitative estimate of drug-likeness (QED) is 0.823. The van der Waals surface area contributed by atoms with Crippen LogP contribution >= 0.6 is 0 Å². The molecule has 0 radical (unpaired) electrons. The minimum Gasteiger partial charge on any atom is -0.325 e. The van der Waals surface area contributed by atoms with Crippen LogP contribution in [0.15, 0.2) is 0 Å². The fourth-order valence-electron chi connectivity index (χ4n) is 3.19. The third kappa shape index (κ3) is 3.52. The first-order valence-corrected chi connectivity index (χ1v) is 9.41. The number of rotatable bonds is 5. The Bertz CT molecular complexity index is 461. The summed E-state index contributed by atoms with van der Waals surface area (Å²) >= 11 is 0. The fourth-order valence-corrected chi connectivity index (χ4v) is 5.04. The molecule has 0 aromatic carbocycles. The Hall–Kier alpha value is -0.620. The molecule has 2 rings (SSSR count). The SMILES string of the molecule is CCC1NC(CC(C)C)N(CC2CCS(=O)(=O)C2)C1=O. The highest BCUT2D eigenvalue weighted by Crippen LogP contribution is 2.25. The van der Waals surface area contributed by atoms with Crippen molar-refractivity contribution in [1.82, 2.24) is 10.2 Å². The van der Waals surface area contributed by atoms with Gasteiger partial charge >= 0.3 is 0 Å². The highest BCUT2D eigenvalue weighted by Gasteiger charge is 2.40. The maximum atomic E-state index is 12.4. The molecule has 0 aromatic rings. The van der Waals surface area contributed by atoms with Crippen LogP contribution in [0.2, 0.25) is 0 Å². The number of sulfone groups is 1. The summed E-state index contributed by atoms with van der Waals surface area (Å²) in [6.07, 6.45) is 2.46. The van der Waals surface area contributed by atoms with Gasteiger partial charge in [0.25, 0.3) is 0 Å². The van der Waals surface area contributed by atoms with Crippen molar-refractivity contribution in [3.63, 3.8) is 0 Å². The maximum Gasteiger partial charge on any atom is 0.241 e. The van der Waals surface area contributed by atoms with E-state index < -0.39 is 9.84 Å². The van der Waals surface area contributed by atoms with Crippen LogP contribution in [0.1, 0.15) is 40.0 Å². The number of amides is 1. The minimum atomic E-state index is -2.87. The summed E-state index contributed by atoms with van der Waals surface area (Å²) in [5.41, 5.74) is 0. The van der Waals surface area contributed by atoms with Crippen molar-refractivity contribution in [3.8, 4) is 0 Å². The predicted molar refractivity (Wildman–Crippen MR) is 78.9 cm³/mol. The van der Waals surface area contributed by atoms with Gasteiger partial charge in [-0.05, 0) is 31.1 Å². The second-order valence-electron chi connectivity index (χ2n) is 6.53. The molecule has 2 saturated heterocycles. The van der Waals surface area contributed by atoms with Crippen LogP contribution in [-0.4, -0.2) is 49.5 Å². The number of carbonyl (C=O) groups is 1. The lowest BCUT2D eigenvalue weighted by atomic mass is 10.1. The van der Waals surface area contributed by atoms with Gasteiger partial charge in [-0.15, -0.1) is 0 Å². The summed E-state index contributed by atoms with van der Waals surface area (Å²) in [5, 5.41) is 3.39. The predicted octanol–water partition coefficient (Wildman–Crippen LogP) is 1.00. The molecular weight excluding hydrogens is 276 g/mol. The smallest absolute Gasteiger partial charge is 0.241 e. The topological polar surface area (TPSA) is 66.5 Å². The van der Waals surface area contributed by atoms with Gasteiger partial charge in [0.2, 0.25) is 5.91 Å². The molecule has 2 heterocycles. The Kier molecular flexibility index (Phi) is 4.74. The van der Waals surface area contributed by atoms with E-state index in [1.54, 1.807) is 0 Å². The molecule has 0 saturated carbocycles. The molecule has 3 unspecified atom stereocenters. The van der Waals surface area contributed by atoms with Crippen LogP contribution in [0.25, 0.3) is 0 Å². The maximum absolute atomic E-state index is 12.4. The molecule has 0 aromatic heterocycles. The average Bonchev–Trinajstić information content (AvgIpc) is 2.82. The minimum absolute atomic E-state index is 0.0655. The van der Waals surface area contributed by atoms with Crippen molar-refractivity contribution in [2.45, 2.75) is 52.2 Å². The summed E-state index contributed by atoms with van der Waals surface area (Å²) in [4.78, 5) is 14.3. The van der Waals surface area contributed by atoms with Crippen LogP contribution in [0.4, 0.5) is 0 Å². The highest BCUT2D eigenvalue weighted by molar-refractivity contribution is 7.91. The number of carbonyl (C=O) groups excluding carboxylic acids is 1. The molecule has 1 amide bonds. The summed E-state index contributed by atoms with van der Waals surface area (Å²) < 4.78 is 23.1. The molecule has 0 bridgehead atoms. The van der Waals surface area contributed by atoms with Gasteiger partial charge in [0.05, 0.1) is 23.7 Å². The van der Waals surface area contributed by atoms with E-state index in [4.69, 9.17) is 0 Å². The Morgan fingerprint density at radius 1 is 1.40 bits per heavy atom. The molecular formula is C14H26N2O3S. The molecule has 1 N–H and O–H groups in total. The van der Waals surface area contributed by atoms with Crippen LogP contribution < -0.4 is 5.32 Å². The molecule has 3 atom stereocenters. The van der Waals surface area contributed by atoms with Gasteiger partial charge in [0.15, 0.2) is 9.84 Å². The van der Waals surface area contributed by atoms with E-state index in [2.05, 4.69) is 19.2 Å². The first-order valence-electron chi connectivity index (χ1n) is 7.59. The molecule has 116 valence electrons. The zero-order valence-corrected chi connectivity index (χ0v) is 13.4. The standard InChI is InChI=1S/C14H26N2O3S/c1-4-12-14(17)16(13(15-12)7-10(2)3)8-11-5-6-20(18,19)9-11/h10-13,15H,4-9H2,1-3H3. The van der Waals surface area contributed by atoms with Crippen molar-refractivity contribution in [3.05, 3.63) is 0 Å². The van der Waals surface area contributed by atoms with Crippen LogP contribution in [0.5, 0.6) is 0 Å². The van der Waals surface area contributed by atoms with Crippen molar-refractivity contribution in [2.24, 2.45) is 11.8 Å². The lowest BCUT2D eigenvalue weighted by molar-refractivity contribution is -0.130. The third-order valence-electron chi connectivity index (χ3n) is 4.24. The first-order chi connectivity index (χ1) is 9.32. The van der Waals surface area contributed by atoms with Gasteiger partial charge in [-0.2, -0.15) is 0 Å². The second-order valence-corrected chi connectivity index (χ2v) is 8.76. The van der Waals surface area contributed by atoms with E-state index in [1.165, 1.54) is 0 Å². The highest BCUT2D eigenvalue weighted by atomic mass is 32.2. The zero-order valence-electron chi connectivity index (χ0n) is 12.6. The third-order valence-corrected chi connectivity index (χ3v) is 6.07. The normalized spacial score (nSPS) is 33.3. The first kappa shape index (κ1) is 15.8. The van der Waals surface area contributed by atoms with E-state index in [-0.39, 0.29) is 35.5 Å². The van der Waals surface area contributed by atoms with Gasteiger partial charge in [-0.25, -0.2) is 8.42 Å². The summed E-state index contributed by atoms with van der Waals surface area (Å²) in [7, 11) is -2.87. The van der Waals surface area contributed by atoms with Gasteiger partial charge in [0, 0.05) is 6.54 Å². The largest absolute Gasteiger partial charge is 0.325 e. The lowest BCUT2D eigenvalue weighted by Gasteiger charge is -2.27. The lowest BCUT2D eigenvalue weighted by Crippen LogP contribution is -2.41. The Morgan fingerprint density at radius 2 is 2.10 bits per heavy atom. The summed E-state index contributed by atoms with van der Waals surface area (Å²) in [6.45, 7) is 6.87. The molecule has 0 spiro atoms. The fraction of sp³-hybridized carbons (Fsp3) is 0.929. The van der Waals surface area contributed by atoms with E-state index in [1.807, 2.05) is 11.8 Å². The molecule has 2 aliphatic rings. The van der Waals surface area contributed by atoms with Crippen molar-refractivity contribution in [2.75, 3.05) is 18.1 Å². The van der Waals surface area contributed by atoms with Crippen molar-refractivity contribution in [1.29, 1.82) is 0 Å². The molecule has 0 aliphatic carbocycles. The summed E-state index contributed by atoms with van der Waals surface area (Å²) in [6, 6.07) is -0.100. The second kappa shape index (κ2) is 6.02. The van der Waals surface area contributed by atoms with Gasteiger partial charge in [-0.1, -0.05) is 20.8 Å². The monoisotopic (exact) mass is 302 g/mol. The van der Waals surface area contributed by atoms with Crippen molar-refractivity contribution >= 4 is 15.7 Å². The Labute approximate surface area is 122 Å².